The van der Waals surface area contributed by atoms with Gasteiger partial charge in [-0.3, -0.25) is 19.2 Å². The van der Waals surface area contributed by atoms with Gasteiger partial charge in [-0.05, 0) is 12.2 Å². The summed E-state index contributed by atoms with van der Waals surface area (Å²) in [6, 6.07) is 0. The first kappa shape index (κ1) is 17.2. The molecule has 1 aliphatic rings. The molecule has 0 saturated carbocycles. The van der Waals surface area contributed by atoms with E-state index in [0.717, 1.165) is 26.0 Å². The summed E-state index contributed by atoms with van der Waals surface area (Å²) in [5.74, 6) is -3.89. The molecule has 0 amide bonds. The summed E-state index contributed by atoms with van der Waals surface area (Å²) in [4.78, 5) is 46.0. The van der Waals surface area contributed by atoms with Gasteiger partial charge in [0.1, 0.15) is 24.7 Å². The Kier molecular flexibility index (Phi) is 4.68. The van der Waals surface area contributed by atoms with Gasteiger partial charge in [0.2, 0.25) is 0 Å². The Bertz CT molecular complexity index is 723. The first-order valence-corrected chi connectivity index (χ1v) is 6.87. The SMILES string of the molecule is CC(=O)OCc1c(O)c2c(c(O)c1COC(C)=O)C(=O)C=CC2=O. The van der Waals surface area contributed by atoms with Gasteiger partial charge < -0.3 is 19.7 Å². The topological polar surface area (TPSA) is 127 Å². The van der Waals surface area contributed by atoms with E-state index in [1.807, 2.05) is 0 Å². The maximum absolute atomic E-state index is 12.0. The van der Waals surface area contributed by atoms with Gasteiger partial charge in [-0.15, -0.1) is 0 Å². The van der Waals surface area contributed by atoms with Crippen LogP contribution in [-0.2, 0) is 32.3 Å². The normalized spacial score (nSPS) is 12.8. The second kappa shape index (κ2) is 6.53. The Morgan fingerprint density at radius 1 is 0.833 bits per heavy atom. The van der Waals surface area contributed by atoms with Gasteiger partial charge in [0.05, 0.1) is 11.1 Å². The first-order valence-electron chi connectivity index (χ1n) is 6.87. The quantitative estimate of drug-likeness (QED) is 0.620. The fourth-order valence-corrected chi connectivity index (χ4v) is 2.28. The minimum atomic E-state index is -0.680. The molecular formula is C16H14O8. The molecule has 0 unspecified atom stereocenters. The number of esters is 2. The van der Waals surface area contributed by atoms with Crippen molar-refractivity contribution < 1.29 is 38.9 Å². The zero-order chi connectivity index (χ0) is 18.0. The summed E-state index contributed by atoms with van der Waals surface area (Å²) < 4.78 is 9.60. The highest BCUT2D eigenvalue weighted by Crippen LogP contribution is 2.40. The van der Waals surface area contributed by atoms with Gasteiger partial charge in [-0.25, -0.2) is 0 Å². The number of allylic oxidation sites excluding steroid dienone is 2. The number of carbonyl (C=O) groups is 4. The Hall–Kier alpha value is -3.16. The third kappa shape index (κ3) is 3.12. The van der Waals surface area contributed by atoms with Crippen LogP contribution in [0.3, 0.4) is 0 Å². The number of phenols is 2. The molecule has 2 rings (SSSR count). The van der Waals surface area contributed by atoms with Crippen LogP contribution in [0.1, 0.15) is 45.7 Å². The number of rotatable bonds is 4. The summed E-state index contributed by atoms with van der Waals surface area (Å²) in [6.45, 7) is 1.34. The number of ether oxygens (including phenoxy) is 2. The molecule has 126 valence electrons. The van der Waals surface area contributed by atoms with E-state index in [0.29, 0.717) is 0 Å². The van der Waals surface area contributed by atoms with Crippen LogP contribution in [0, 0.1) is 0 Å². The minimum absolute atomic E-state index is 0.112. The summed E-state index contributed by atoms with van der Waals surface area (Å²) >= 11 is 0. The Morgan fingerprint density at radius 2 is 1.17 bits per heavy atom. The van der Waals surface area contributed by atoms with Crippen molar-refractivity contribution in [3.8, 4) is 11.5 Å². The van der Waals surface area contributed by atoms with Gasteiger partial charge >= 0.3 is 11.9 Å². The molecule has 0 spiro atoms. The van der Waals surface area contributed by atoms with E-state index < -0.39 is 48.2 Å². The summed E-state index contributed by atoms with van der Waals surface area (Å²) in [6.07, 6.45) is 1.93. The predicted molar refractivity (Wildman–Crippen MR) is 78.5 cm³/mol. The lowest BCUT2D eigenvalue weighted by molar-refractivity contribution is -0.144. The number of ketones is 2. The summed E-state index contributed by atoms with van der Waals surface area (Å²) in [5, 5.41) is 20.7. The number of hydrogen-bond acceptors (Lipinski definition) is 8. The number of phenolic OH excluding ortho intramolecular Hbond substituents is 2. The first-order chi connectivity index (χ1) is 11.2. The average molecular weight is 334 g/mol. The van der Waals surface area contributed by atoms with Crippen LogP contribution in [0.25, 0.3) is 0 Å². The predicted octanol–water partition coefficient (Wildman–Crippen LogP) is 1.16. The van der Waals surface area contributed by atoms with Gasteiger partial charge in [0.15, 0.2) is 11.6 Å². The standard InChI is InChI=1S/C16H14O8/c1-7(17)23-5-9-10(6-24-8(2)18)16(22)14-12(20)4-3-11(19)13(14)15(9)21/h3-4,21-22H,5-6H2,1-2H3. The molecule has 0 atom stereocenters. The van der Waals surface area contributed by atoms with Crippen molar-refractivity contribution in [3.05, 3.63) is 34.4 Å². The lowest BCUT2D eigenvalue weighted by atomic mass is 9.88. The molecule has 1 aromatic rings. The smallest absolute Gasteiger partial charge is 0.302 e. The van der Waals surface area contributed by atoms with Crippen LogP contribution < -0.4 is 0 Å². The molecule has 0 aromatic heterocycles. The van der Waals surface area contributed by atoms with Gasteiger partial charge in [-0.1, -0.05) is 0 Å². The number of hydrogen-bond donors (Lipinski definition) is 2. The van der Waals surface area contributed by atoms with Crippen LogP contribution >= 0.6 is 0 Å². The van der Waals surface area contributed by atoms with Crippen molar-refractivity contribution in [1.82, 2.24) is 0 Å². The van der Waals surface area contributed by atoms with E-state index in [1.165, 1.54) is 0 Å². The van der Waals surface area contributed by atoms with Crippen LogP contribution in [0.15, 0.2) is 12.2 Å². The van der Waals surface area contributed by atoms with E-state index >= 15 is 0 Å². The van der Waals surface area contributed by atoms with Crippen LogP contribution in [0.4, 0.5) is 0 Å². The monoisotopic (exact) mass is 334 g/mol. The highest BCUT2D eigenvalue weighted by molar-refractivity contribution is 6.24. The third-order valence-electron chi connectivity index (χ3n) is 3.38. The third-order valence-corrected chi connectivity index (χ3v) is 3.38. The summed E-state index contributed by atoms with van der Waals surface area (Å²) in [5.41, 5.74) is -0.985. The number of fused-ring (bicyclic) bond motifs is 1. The molecule has 0 bridgehead atoms. The Labute approximate surface area is 136 Å². The van der Waals surface area contributed by atoms with Crippen molar-refractivity contribution in [3.63, 3.8) is 0 Å². The van der Waals surface area contributed by atoms with E-state index in [2.05, 4.69) is 0 Å². The fourth-order valence-electron chi connectivity index (χ4n) is 2.28. The zero-order valence-electron chi connectivity index (χ0n) is 12.9. The van der Waals surface area contributed by atoms with Gasteiger partial charge in [-0.2, -0.15) is 0 Å². The molecule has 0 radical (unpaired) electrons. The van der Waals surface area contributed by atoms with Crippen LogP contribution in [0.2, 0.25) is 0 Å². The molecule has 0 fully saturated rings. The van der Waals surface area contributed by atoms with E-state index in [-0.39, 0.29) is 22.3 Å². The lowest BCUT2D eigenvalue weighted by Crippen LogP contribution is -2.16. The Balaban J connectivity index is 2.67. The molecule has 1 aliphatic carbocycles. The zero-order valence-corrected chi connectivity index (χ0v) is 12.9. The van der Waals surface area contributed by atoms with Crippen molar-refractivity contribution >= 4 is 23.5 Å². The molecule has 24 heavy (non-hydrogen) atoms. The van der Waals surface area contributed by atoms with E-state index in [9.17, 15) is 29.4 Å². The number of carbonyl (C=O) groups excluding carboxylic acids is 4. The van der Waals surface area contributed by atoms with Crippen LogP contribution in [0.5, 0.6) is 11.5 Å². The lowest BCUT2D eigenvalue weighted by Gasteiger charge is -2.20. The number of aromatic hydroxyl groups is 2. The van der Waals surface area contributed by atoms with E-state index in [4.69, 9.17) is 9.47 Å². The maximum atomic E-state index is 12.0. The van der Waals surface area contributed by atoms with E-state index in [1.54, 1.807) is 0 Å². The fraction of sp³-hybridized carbons (Fsp3) is 0.250. The molecule has 0 heterocycles. The van der Waals surface area contributed by atoms with Crippen molar-refractivity contribution in [1.29, 1.82) is 0 Å². The number of benzene rings is 1. The van der Waals surface area contributed by atoms with Crippen molar-refractivity contribution in [2.45, 2.75) is 27.1 Å². The maximum Gasteiger partial charge on any atom is 0.302 e. The molecule has 8 nitrogen and oxygen atoms in total. The second-order valence-corrected chi connectivity index (χ2v) is 5.03. The van der Waals surface area contributed by atoms with Gasteiger partial charge in [0, 0.05) is 25.0 Å². The van der Waals surface area contributed by atoms with Crippen molar-refractivity contribution in [2.24, 2.45) is 0 Å². The molecule has 0 aliphatic heterocycles. The molecule has 8 heteroatoms. The summed E-state index contributed by atoms with van der Waals surface area (Å²) in [7, 11) is 0. The van der Waals surface area contributed by atoms with Crippen molar-refractivity contribution in [2.75, 3.05) is 0 Å². The highest BCUT2D eigenvalue weighted by atomic mass is 16.5. The second-order valence-electron chi connectivity index (χ2n) is 5.03. The van der Waals surface area contributed by atoms with Crippen LogP contribution in [-0.4, -0.2) is 33.7 Å². The average Bonchev–Trinajstić information content (AvgIpc) is 2.50. The van der Waals surface area contributed by atoms with Gasteiger partial charge in [0.25, 0.3) is 0 Å². The largest absolute Gasteiger partial charge is 0.507 e. The molecule has 1 aromatic carbocycles. The molecule has 2 N–H and O–H groups in total. The minimum Gasteiger partial charge on any atom is -0.507 e. The molecular weight excluding hydrogens is 320 g/mol. The molecule has 0 saturated heterocycles. The Morgan fingerprint density at radius 3 is 1.46 bits per heavy atom. The highest BCUT2D eigenvalue weighted by Gasteiger charge is 2.32.